The van der Waals surface area contributed by atoms with E-state index in [-0.39, 0.29) is 82.1 Å². The molecule has 0 unspecified atom stereocenters. The first-order valence-electron chi connectivity index (χ1n) is 24.3. The number of cyclic esters (lactones) is 1. The van der Waals surface area contributed by atoms with Gasteiger partial charge in [-0.15, -0.1) is 0 Å². The van der Waals surface area contributed by atoms with E-state index in [1.54, 1.807) is 31.4 Å². The number of quaternary nitrogens is 1. The Morgan fingerprint density at radius 2 is 1.64 bits per heavy atom. The highest BCUT2D eigenvalue weighted by molar-refractivity contribution is 5.96. The first kappa shape index (κ1) is 53.5. The van der Waals surface area contributed by atoms with Gasteiger partial charge in [0.1, 0.15) is 37.9 Å². The molecule has 3 aromatic rings. The molecule has 0 bridgehead atoms. The van der Waals surface area contributed by atoms with Gasteiger partial charge in [0.25, 0.3) is 5.56 Å². The van der Waals surface area contributed by atoms with Gasteiger partial charge in [-0.25, -0.2) is 14.6 Å². The first-order valence-corrected chi connectivity index (χ1v) is 24.3. The van der Waals surface area contributed by atoms with Crippen molar-refractivity contribution < 1.29 is 61.7 Å². The third-order valence-corrected chi connectivity index (χ3v) is 12.9. The van der Waals surface area contributed by atoms with Gasteiger partial charge in [-0.3, -0.25) is 24.0 Å². The first-order chi connectivity index (χ1) is 33.4. The number of esters is 3. The van der Waals surface area contributed by atoms with Crippen molar-refractivity contribution in [3.05, 3.63) is 62.9 Å². The summed E-state index contributed by atoms with van der Waals surface area (Å²) in [4.78, 5) is 104. The molecular weight excluding hydrogens is 907 g/mol. The molecule has 3 aliphatic rings. The largest absolute Gasteiger partial charge is 0.460 e. The average Bonchev–Trinajstić information content (AvgIpc) is 3.96. The molecular formula is C50H70N7O13+. The summed E-state index contributed by atoms with van der Waals surface area (Å²) in [5.74, 6) is -4.99. The van der Waals surface area contributed by atoms with Crippen LogP contribution in [0.1, 0.15) is 82.1 Å². The molecule has 0 spiro atoms. The van der Waals surface area contributed by atoms with Gasteiger partial charge >= 0.3 is 17.9 Å². The molecule has 0 saturated carbocycles. The highest BCUT2D eigenvalue weighted by atomic mass is 16.6. The number of amides is 3. The average molecular weight is 977 g/mol. The van der Waals surface area contributed by atoms with Crippen LogP contribution in [0.15, 0.2) is 35.1 Å². The number of para-hydroxylation sites is 1. The van der Waals surface area contributed by atoms with Gasteiger partial charge in [-0.05, 0) is 49.3 Å². The van der Waals surface area contributed by atoms with E-state index in [0.717, 1.165) is 22.0 Å². The van der Waals surface area contributed by atoms with Gasteiger partial charge in [-0.2, -0.15) is 0 Å². The van der Waals surface area contributed by atoms with Crippen molar-refractivity contribution in [2.75, 3.05) is 87.0 Å². The Hall–Kier alpha value is -5.80. The molecule has 4 N–H and O–H groups in total. The summed E-state index contributed by atoms with van der Waals surface area (Å²) in [5, 5.41) is 6.42. The SMILES string of the molecule is CCc1c2c(nc3ccccc13)-c1cc3c(c(=O)n1C2)COC(=O)[C@@]3(CC)OC(=O)[C@@H](NC(=O)[C@@H]1CCCN1C(=O)[C@H](CC(=O)OCC[N+](C)(C)C)NC(=O)CCOCCOCCOCCN)C(C)C. The van der Waals surface area contributed by atoms with Crippen molar-refractivity contribution in [3.8, 4) is 11.4 Å². The number of likely N-dealkylation sites (tertiary alicyclic amines) is 1. The molecule has 3 aliphatic heterocycles. The zero-order valence-electron chi connectivity index (χ0n) is 41.6. The van der Waals surface area contributed by atoms with Gasteiger partial charge in [0, 0.05) is 36.0 Å². The Labute approximate surface area is 408 Å². The minimum atomic E-state index is -2.04. The van der Waals surface area contributed by atoms with Crippen molar-refractivity contribution in [1.29, 1.82) is 0 Å². The summed E-state index contributed by atoms with van der Waals surface area (Å²) in [5.41, 5.74) is 7.18. The monoisotopic (exact) mass is 977 g/mol. The van der Waals surface area contributed by atoms with Gasteiger partial charge in [0.2, 0.25) is 23.3 Å². The second kappa shape index (κ2) is 23.9. The molecule has 4 atom stereocenters. The zero-order valence-corrected chi connectivity index (χ0v) is 41.6. The molecule has 1 saturated heterocycles. The summed E-state index contributed by atoms with van der Waals surface area (Å²) < 4.78 is 35.6. The minimum Gasteiger partial charge on any atom is -0.460 e. The number of likely N-dealkylation sites (N-methyl/N-ethyl adjacent to an activating group) is 1. The molecule has 0 radical (unpaired) electrons. The van der Waals surface area contributed by atoms with E-state index in [1.165, 1.54) is 4.90 Å². The number of nitrogens with two attached hydrogens (primary N) is 1. The van der Waals surface area contributed by atoms with Crippen LogP contribution in [0, 0.1) is 5.92 Å². The summed E-state index contributed by atoms with van der Waals surface area (Å²) in [7, 11) is 5.81. The van der Waals surface area contributed by atoms with Crippen molar-refractivity contribution in [2.45, 2.75) is 103 Å². The second-order valence-corrected chi connectivity index (χ2v) is 19.1. The predicted molar refractivity (Wildman–Crippen MR) is 256 cm³/mol. The highest BCUT2D eigenvalue weighted by Gasteiger charge is 2.52. The number of ether oxygens (including phenoxy) is 6. The molecule has 5 heterocycles. The molecule has 20 nitrogen and oxygen atoms in total. The Morgan fingerprint density at radius 1 is 0.943 bits per heavy atom. The Morgan fingerprint density at radius 3 is 2.31 bits per heavy atom. The van der Waals surface area contributed by atoms with Gasteiger partial charge < -0.3 is 58.7 Å². The molecule has 3 amide bonds. The summed E-state index contributed by atoms with van der Waals surface area (Å²) in [6, 6.07) is 5.69. The van der Waals surface area contributed by atoms with Crippen LogP contribution in [0.25, 0.3) is 22.3 Å². The number of hydrogen-bond donors (Lipinski definition) is 3. The van der Waals surface area contributed by atoms with Gasteiger partial charge in [0.15, 0.2) is 0 Å². The van der Waals surface area contributed by atoms with Gasteiger partial charge in [-0.1, -0.05) is 45.9 Å². The number of fused-ring (bicyclic) bond motifs is 5. The second-order valence-electron chi connectivity index (χ2n) is 19.1. The number of pyridine rings is 2. The van der Waals surface area contributed by atoms with E-state index < -0.39 is 71.7 Å². The fourth-order valence-electron chi connectivity index (χ4n) is 9.08. The van der Waals surface area contributed by atoms with E-state index in [9.17, 15) is 33.6 Å². The maximum absolute atomic E-state index is 14.4. The number of aromatic nitrogens is 2. The van der Waals surface area contributed by atoms with Crippen molar-refractivity contribution in [3.63, 3.8) is 0 Å². The number of aryl methyl sites for hydroxylation is 1. The van der Waals surface area contributed by atoms with E-state index in [2.05, 4.69) is 10.6 Å². The Balaban J connectivity index is 1.17. The van der Waals surface area contributed by atoms with Crippen LogP contribution in [-0.2, 0) is 82.4 Å². The minimum absolute atomic E-state index is 0.0133. The fraction of sp³-hybridized carbons (Fsp3) is 0.600. The summed E-state index contributed by atoms with van der Waals surface area (Å²) >= 11 is 0. The predicted octanol–water partition coefficient (Wildman–Crippen LogP) is 1.85. The highest BCUT2D eigenvalue weighted by Crippen LogP contribution is 2.42. The lowest BCUT2D eigenvalue weighted by atomic mass is 9.85. The van der Waals surface area contributed by atoms with Crippen LogP contribution in [0.5, 0.6) is 0 Å². The molecule has 382 valence electrons. The molecule has 2 aromatic heterocycles. The van der Waals surface area contributed by atoms with Crippen molar-refractivity contribution in [1.82, 2.24) is 25.1 Å². The fourth-order valence-corrected chi connectivity index (χ4v) is 9.08. The molecule has 1 aromatic carbocycles. The zero-order chi connectivity index (χ0) is 50.8. The van der Waals surface area contributed by atoms with E-state index in [4.69, 9.17) is 39.1 Å². The normalized spacial score (nSPS) is 18.2. The van der Waals surface area contributed by atoms with Crippen LogP contribution in [-0.4, -0.2) is 160 Å². The van der Waals surface area contributed by atoms with E-state index in [1.807, 2.05) is 52.3 Å². The number of hydrogen-bond acceptors (Lipinski definition) is 15. The smallest absolute Gasteiger partial charge is 0.355 e. The molecule has 20 heteroatoms. The Bertz CT molecular complexity index is 2470. The van der Waals surface area contributed by atoms with Crippen molar-refractivity contribution >= 4 is 46.5 Å². The third kappa shape index (κ3) is 12.4. The lowest BCUT2D eigenvalue weighted by molar-refractivity contribution is -0.870. The molecule has 6 rings (SSSR count). The van der Waals surface area contributed by atoms with E-state index >= 15 is 0 Å². The quantitative estimate of drug-likeness (QED) is 0.0371. The Kier molecular flexibility index (Phi) is 18.3. The number of nitrogens with one attached hydrogen (secondary N) is 2. The van der Waals surface area contributed by atoms with Crippen LogP contribution in [0.4, 0.5) is 0 Å². The van der Waals surface area contributed by atoms with Gasteiger partial charge in [0.05, 0.1) is 96.2 Å². The van der Waals surface area contributed by atoms with Crippen LogP contribution >= 0.6 is 0 Å². The lowest BCUT2D eigenvalue weighted by Gasteiger charge is -2.37. The number of nitrogens with zero attached hydrogens (tertiary/aromatic N) is 4. The third-order valence-electron chi connectivity index (χ3n) is 12.9. The molecule has 1 fully saturated rings. The number of carbonyl (C=O) groups is 6. The number of carbonyl (C=O) groups excluding carboxylic acids is 6. The summed E-state index contributed by atoms with van der Waals surface area (Å²) in [6.45, 7) is 9.86. The molecule has 0 aliphatic carbocycles. The maximum atomic E-state index is 14.4. The standard InChI is InChI=1S/C50H69N7O13/c1-8-32-33-13-10-11-14-37(33)53-44-34(32)29-56-40(44)27-36-35(46(56)61)30-69-49(64)50(36,9-2)70-48(63)43(31(3)4)54-45(60)39-15-12-18-55(39)47(62)38(28-42(59)68-22-19-57(5,6)7)52-41(58)16-20-65-23-25-67-26-24-66-21-17-51/h10-11,13-14,27,31,38-39,43H,8-9,12,15-26,28-30,51H2,1-7H3,(H-,52,54,58,60)/p+1/t38-,39-,43-,50-/m0/s1. The summed E-state index contributed by atoms with van der Waals surface area (Å²) in [6.07, 6.45) is 0.629. The number of rotatable bonds is 25. The molecule has 70 heavy (non-hydrogen) atoms. The van der Waals surface area contributed by atoms with E-state index in [0.29, 0.717) is 61.6 Å². The van der Waals surface area contributed by atoms with Crippen LogP contribution < -0.4 is 21.9 Å². The topological polar surface area (TPSA) is 246 Å². The lowest BCUT2D eigenvalue weighted by Crippen LogP contribution is -2.57. The van der Waals surface area contributed by atoms with Crippen molar-refractivity contribution in [2.24, 2.45) is 11.7 Å². The maximum Gasteiger partial charge on any atom is 0.355 e. The van der Waals surface area contributed by atoms with Crippen LogP contribution in [0.3, 0.4) is 0 Å². The number of benzene rings is 1. The van der Waals surface area contributed by atoms with Crippen LogP contribution in [0.2, 0.25) is 0 Å².